The average Bonchev–Trinajstić information content (AvgIpc) is 2.74. The number of hydrogen-bond acceptors (Lipinski definition) is 4. The summed E-state index contributed by atoms with van der Waals surface area (Å²) in [5.41, 5.74) is 9.46. The number of nitrogen functional groups attached to an aromatic ring is 1. The van der Waals surface area contributed by atoms with Crippen molar-refractivity contribution < 1.29 is 9.18 Å². The van der Waals surface area contributed by atoms with Gasteiger partial charge in [-0.2, -0.15) is 0 Å². The van der Waals surface area contributed by atoms with Gasteiger partial charge in [0.2, 0.25) is 5.91 Å². The van der Waals surface area contributed by atoms with E-state index in [4.69, 9.17) is 5.73 Å². The van der Waals surface area contributed by atoms with Crippen molar-refractivity contribution in [3.63, 3.8) is 0 Å². The van der Waals surface area contributed by atoms with Crippen molar-refractivity contribution in [2.45, 2.75) is 19.5 Å². The van der Waals surface area contributed by atoms with Crippen LogP contribution in [0.5, 0.6) is 0 Å². The number of amides is 1. The number of fused-ring (bicyclic) bond motifs is 1. The summed E-state index contributed by atoms with van der Waals surface area (Å²) in [6.45, 7) is 5.03. The Balaban J connectivity index is 1.39. The van der Waals surface area contributed by atoms with Crippen LogP contribution >= 0.6 is 0 Å². The van der Waals surface area contributed by atoms with E-state index in [2.05, 4.69) is 16.8 Å². The van der Waals surface area contributed by atoms with E-state index < -0.39 is 0 Å². The third-order valence-electron chi connectivity index (χ3n) is 5.53. The fraction of sp³-hybridized carbons (Fsp3) is 0.250. The maximum absolute atomic E-state index is 13.1. The second-order valence-electron chi connectivity index (χ2n) is 7.75. The molecular weight excluding hydrogens is 379 g/mol. The second-order valence-corrected chi connectivity index (χ2v) is 7.75. The molecule has 1 amide bonds. The molecule has 1 aliphatic rings. The van der Waals surface area contributed by atoms with Crippen LogP contribution in [0.15, 0.2) is 60.8 Å². The highest BCUT2D eigenvalue weighted by Crippen LogP contribution is 2.22. The average molecular weight is 404 g/mol. The molecule has 2 heterocycles. The van der Waals surface area contributed by atoms with Crippen molar-refractivity contribution in [2.24, 2.45) is 0 Å². The van der Waals surface area contributed by atoms with Gasteiger partial charge in [-0.1, -0.05) is 18.2 Å². The molecule has 1 unspecified atom stereocenters. The molecule has 2 N–H and O–H groups in total. The molecule has 3 aromatic rings. The van der Waals surface area contributed by atoms with Crippen molar-refractivity contribution in [3.8, 4) is 0 Å². The van der Waals surface area contributed by atoms with Gasteiger partial charge >= 0.3 is 0 Å². The molecule has 1 aromatic heterocycles. The first-order chi connectivity index (χ1) is 14.5. The lowest BCUT2D eigenvalue weighted by molar-refractivity contribution is -0.130. The molecule has 1 fully saturated rings. The van der Waals surface area contributed by atoms with E-state index in [1.54, 1.807) is 18.3 Å². The molecular formula is C24H25FN4O. The molecule has 1 saturated heterocycles. The highest BCUT2D eigenvalue weighted by atomic mass is 19.1. The zero-order valence-electron chi connectivity index (χ0n) is 17.0. The van der Waals surface area contributed by atoms with Gasteiger partial charge in [-0.25, -0.2) is 4.39 Å². The second kappa shape index (κ2) is 8.63. The van der Waals surface area contributed by atoms with Crippen LogP contribution in [0.3, 0.4) is 0 Å². The van der Waals surface area contributed by atoms with E-state index in [-0.39, 0.29) is 17.8 Å². The third kappa shape index (κ3) is 4.49. The smallest absolute Gasteiger partial charge is 0.246 e. The summed E-state index contributed by atoms with van der Waals surface area (Å²) >= 11 is 0. The lowest BCUT2D eigenvalue weighted by atomic mass is 10.1. The molecule has 1 atom stereocenters. The molecule has 0 radical (unpaired) electrons. The predicted molar refractivity (Wildman–Crippen MR) is 118 cm³/mol. The Labute approximate surface area is 175 Å². The molecule has 6 heteroatoms. The maximum atomic E-state index is 13.1. The topological polar surface area (TPSA) is 62.5 Å². The first kappa shape index (κ1) is 20.0. The molecule has 5 nitrogen and oxygen atoms in total. The fourth-order valence-corrected chi connectivity index (χ4v) is 3.91. The Morgan fingerprint density at radius 1 is 1.23 bits per heavy atom. The Bertz CT molecular complexity index is 1080. The molecule has 30 heavy (non-hydrogen) atoms. The van der Waals surface area contributed by atoms with E-state index in [0.717, 1.165) is 41.7 Å². The molecule has 154 valence electrons. The van der Waals surface area contributed by atoms with E-state index in [1.165, 1.54) is 12.1 Å². The summed E-state index contributed by atoms with van der Waals surface area (Å²) in [5, 5.41) is 0.988. The predicted octanol–water partition coefficient (Wildman–Crippen LogP) is 3.70. The normalized spacial score (nSPS) is 17.7. The highest BCUT2D eigenvalue weighted by Gasteiger charge is 2.26. The number of nitrogens with zero attached hydrogens (tertiary/aromatic N) is 3. The summed E-state index contributed by atoms with van der Waals surface area (Å²) in [6, 6.07) is 14.3. The standard InChI is InChI=1S/C24H25FN4O/c1-17-15-28(16-18-4-7-21(25)8-5-18)11-12-29(17)24(30)9-6-19-13-20-3-2-10-27-23(20)14-22(19)26/h2-10,13-14,17H,11-12,15-16,26H2,1H3. The molecule has 2 aromatic carbocycles. The zero-order chi connectivity index (χ0) is 21.1. The van der Waals surface area contributed by atoms with Crippen molar-refractivity contribution in [2.75, 3.05) is 25.4 Å². The minimum absolute atomic E-state index is 0.0189. The van der Waals surface area contributed by atoms with Gasteiger partial charge in [-0.05, 0) is 54.5 Å². The van der Waals surface area contributed by atoms with E-state index >= 15 is 0 Å². The monoisotopic (exact) mass is 404 g/mol. The molecule has 0 aliphatic carbocycles. The number of hydrogen-bond donors (Lipinski definition) is 1. The first-order valence-electron chi connectivity index (χ1n) is 10.1. The molecule has 0 saturated carbocycles. The lowest BCUT2D eigenvalue weighted by Gasteiger charge is -2.39. The third-order valence-corrected chi connectivity index (χ3v) is 5.53. The number of benzene rings is 2. The van der Waals surface area contributed by atoms with Crippen LogP contribution in [0.2, 0.25) is 0 Å². The van der Waals surface area contributed by atoms with Crippen molar-refractivity contribution in [1.29, 1.82) is 0 Å². The molecule has 1 aliphatic heterocycles. The number of carbonyl (C=O) groups is 1. The van der Waals surface area contributed by atoms with Gasteiger partial charge in [0.05, 0.1) is 5.52 Å². The number of rotatable bonds is 4. The number of carbonyl (C=O) groups excluding carboxylic acids is 1. The van der Waals surface area contributed by atoms with Crippen LogP contribution in [0.4, 0.5) is 10.1 Å². The van der Waals surface area contributed by atoms with Gasteiger partial charge in [0, 0.05) is 55.6 Å². The number of aromatic nitrogens is 1. The van der Waals surface area contributed by atoms with Crippen LogP contribution in [-0.4, -0.2) is 46.4 Å². The van der Waals surface area contributed by atoms with Gasteiger partial charge in [-0.15, -0.1) is 0 Å². The van der Waals surface area contributed by atoms with Crippen LogP contribution in [0.25, 0.3) is 17.0 Å². The summed E-state index contributed by atoms with van der Waals surface area (Å²) in [7, 11) is 0. The SMILES string of the molecule is CC1CN(Cc2ccc(F)cc2)CCN1C(=O)C=Cc1cc2cccnc2cc1N. The van der Waals surface area contributed by atoms with Crippen molar-refractivity contribution in [1.82, 2.24) is 14.8 Å². The van der Waals surface area contributed by atoms with Crippen molar-refractivity contribution >= 4 is 28.6 Å². The van der Waals surface area contributed by atoms with E-state index in [9.17, 15) is 9.18 Å². The van der Waals surface area contributed by atoms with Gasteiger partial charge in [0.25, 0.3) is 0 Å². The quantitative estimate of drug-likeness (QED) is 0.532. The summed E-state index contributed by atoms with van der Waals surface area (Å²) in [4.78, 5) is 21.3. The van der Waals surface area contributed by atoms with Gasteiger partial charge in [0.1, 0.15) is 5.82 Å². The van der Waals surface area contributed by atoms with Crippen molar-refractivity contribution in [3.05, 3.63) is 77.7 Å². The highest BCUT2D eigenvalue weighted by molar-refractivity contribution is 5.94. The number of halogens is 1. The summed E-state index contributed by atoms with van der Waals surface area (Å²) in [6.07, 6.45) is 5.11. The Hall–Kier alpha value is -3.25. The first-order valence-corrected chi connectivity index (χ1v) is 10.1. The summed E-state index contributed by atoms with van der Waals surface area (Å²) < 4.78 is 13.1. The summed E-state index contributed by atoms with van der Waals surface area (Å²) in [5.74, 6) is -0.243. The number of piperazine rings is 1. The molecule has 0 spiro atoms. The maximum Gasteiger partial charge on any atom is 0.246 e. The van der Waals surface area contributed by atoms with Gasteiger partial charge < -0.3 is 10.6 Å². The van der Waals surface area contributed by atoms with E-state index in [1.807, 2.05) is 41.3 Å². The fourth-order valence-electron chi connectivity index (χ4n) is 3.91. The molecule has 0 bridgehead atoms. The Morgan fingerprint density at radius 3 is 2.80 bits per heavy atom. The van der Waals surface area contributed by atoms with Crippen LogP contribution in [-0.2, 0) is 11.3 Å². The minimum atomic E-state index is -0.224. The largest absolute Gasteiger partial charge is 0.398 e. The minimum Gasteiger partial charge on any atom is -0.398 e. The lowest BCUT2D eigenvalue weighted by Crippen LogP contribution is -2.53. The Morgan fingerprint density at radius 2 is 2.03 bits per heavy atom. The Kier molecular flexibility index (Phi) is 5.77. The van der Waals surface area contributed by atoms with Gasteiger partial charge in [-0.3, -0.25) is 14.7 Å². The van der Waals surface area contributed by atoms with E-state index in [0.29, 0.717) is 12.2 Å². The van der Waals surface area contributed by atoms with Crippen LogP contribution in [0.1, 0.15) is 18.1 Å². The zero-order valence-corrected chi connectivity index (χ0v) is 17.0. The number of anilines is 1. The number of pyridine rings is 1. The molecule has 4 rings (SSSR count). The van der Waals surface area contributed by atoms with Crippen LogP contribution in [0, 0.1) is 5.82 Å². The van der Waals surface area contributed by atoms with Crippen LogP contribution < -0.4 is 5.73 Å². The number of nitrogens with two attached hydrogens (primary N) is 1. The van der Waals surface area contributed by atoms with Gasteiger partial charge in [0.15, 0.2) is 0 Å².